The molecule has 0 radical (unpaired) electrons. The van der Waals surface area contributed by atoms with Crippen molar-refractivity contribution in [2.45, 2.75) is 105 Å². The Kier molecular flexibility index (Phi) is 13.0. The normalized spacial score (nSPS) is 15.1. The van der Waals surface area contributed by atoms with E-state index in [1.54, 1.807) is 4.90 Å². The van der Waals surface area contributed by atoms with Crippen LogP contribution in [0.15, 0.2) is 0 Å². The van der Waals surface area contributed by atoms with Crippen molar-refractivity contribution in [1.82, 2.24) is 9.80 Å². The highest BCUT2D eigenvalue weighted by atomic mass is 16.5. The molecule has 0 aliphatic carbocycles. The van der Waals surface area contributed by atoms with E-state index < -0.39 is 5.97 Å². The zero-order valence-electron chi connectivity index (χ0n) is 21.8. The van der Waals surface area contributed by atoms with Gasteiger partial charge in [-0.3, -0.25) is 14.5 Å². The van der Waals surface area contributed by atoms with Gasteiger partial charge < -0.3 is 14.7 Å². The predicted octanol–water partition coefficient (Wildman–Crippen LogP) is 5.72. The van der Waals surface area contributed by atoms with Gasteiger partial charge >= 0.3 is 12.0 Å². The monoisotopic (exact) mass is 468 g/mol. The molecule has 192 valence electrons. The Morgan fingerprint density at radius 1 is 0.879 bits per heavy atom. The highest BCUT2D eigenvalue weighted by Gasteiger charge is 2.40. The Morgan fingerprint density at radius 3 is 1.82 bits per heavy atom. The first kappa shape index (κ1) is 29.4. The van der Waals surface area contributed by atoms with Crippen LogP contribution >= 0.6 is 0 Å². The fourth-order valence-corrected chi connectivity index (χ4v) is 5.01. The lowest BCUT2D eigenvalue weighted by atomic mass is 9.75. The van der Waals surface area contributed by atoms with Crippen molar-refractivity contribution >= 4 is 17.9 Å². The molecule has 1 N–H and O–H groups in total. The highest BCUT2D eigenvalue weighted by Crippen LogP contribution is 2.36. The van der Waals surface area contributed by atoms with Crippen LogP contribution in [-0.4, -0.2) is 65.7 Å². The van der Waals surface area contributed by atoms with E-state index in [2.05, 4.69) is 27.7 Å². The van der Waals surface area contributed by atoms with Gasteiger partial charge in [0, 0.05) is 26.3 Å². The summed E-state index contributed by atoms with van der Waals surface area (Å²) in [4.78, 5) is 39.1. The number of carboxylic acids is 1. The van der Waals surface area contributed by atoms with Gasteiger partial charge in [-0.2, -0.15) is 0 Å². The summed E-state index contributed by atoms with van der Waals surface area (Å²) in [5.41, 5.74) is -0.107. The molecule has 33 heavy (non-hydrogen) atoms. The lowest BCUT2D eigenvalue weighted by Gasteiger charge is -2.35. The molecule has 1 fully saturated rings. The molecule has 1 aliphatic rings. The number of amides is 3. The van der Waals surface area contributed by atoms with E-state index in [1.807, 2.05) is 6.92 Å². The SMILES string of the molecule is CCN1CC(=O)N(CC(CC)(CC)CCCCOCCCCC(CC)(CC)CC(=O)O)C1=O. The Bertz CT molecular complexity index is 614. The molecule has 7 heteroatoms. The van der Waals surface area contributed by atoms with Crippen LogP contribution in [0.1, 0.15) is 105 Å². The predicted molar refractivity (Wildman–Crippen MR) is 131 cm³/mol. The van der Waals surface area contributed by atoms with Crippen molar-refractivity contribution in [3.63, 3.8) is 0 Å². The number of ether oxygens (including phenoxy) is 1. The molecule has 3 amide bonds. The summed E-state index contributed by atoms with van der Waals surface area (Å²) in [6, 6.07) is -0.143. The van der Waals surface area contributed by atoms with E-state index in [9.17, 15) is 19.5 Å². The molecule has 1 rings (SSSR count). The van der Waals surface area contributed by atoms with Crippen LogP contribution in [-0.2, 0) is 14.3 Å². The number of urea groups is 1. The van der Waals surface area contributed by atoms with Gasteiger partial charge in [-0.05, 0) is 69.1 Å². The molecule has 1 saturated heterocycles. The van der Waals surface area contributed by atoms with Gasteiger partial charge in [-0.15, -0.1) is 0 Å². The number of nitrogens with zero attached hydrogens (tertiary/aromatic N) is 2. The quantitative estimate of drug-likeness (QED) is 0.194. The molecule has 0 spiro atoms. The maximum atomic E-state index is 12.5. The zero-order chi connectivity index (χ0) is 24.9. The first-order valence-electron chi connectivity index (χ1n) is 13.1. The summed E-state index contributed by atoms with van der Waals surface area (Å²) in [7, 11) is 0. The zero-order valence-corrected chi connectivity index (χ0v) is 21.8. The molecule has 7 nitrogen and oxygen atoms in total. The van der Waals surface area contributed by atoms with Gasteiger partial charge in [0.25, 0.3) is 0 Å². The molecule has 0 atom stereocenters. The third kappa shape index (κ3) is 8.91. The van der Waals surface area contributed by atoms with E-state index in [0.717, 1.165) is 70.8 Å². The summed E-state index contributed by atoms with van der Waals surface area (Å²) in [5.74, 6) is -0.777. The van der Waals surface area contributed by atoms with Crippen LogP contribution < -0.4 is 0 Å². The number of hydrogen-bond donors (Lipinski definition) is 1. The number of carbonyl (C=O) groups excluding carboxylic acids is 2. The number of carbonyl (C=O) groups is 3. The van der Waals surface area contributed by atoms with Crippen molar-refractivity contribution < 1.29 is 24.2 Å². The maximum absolute atomic E-state index is 12.5. The van der Waals surface area contributed by atoms with Crippen LogP contribution in [0, 0.1) is 10.8 Å². The first-order chi connectivity index (χ1) is 15.7. The molecular formula is C26H48N2O5. The lowest BCUT2D eigenvalue weighted by Crippen LogP contribution is -2.41. The molecule has 0 saturated carbocycles. The number of unbranched alkanes of at least 4 members (excludes halogenated alkanes) is 2. The van der Waals surface area contributed by atoms with Gasteiger partial charge in [0.1, 0.15) is 6.54 Å². The second-order valence-electron chi connectivity index (χ2n) is 9.79. The van der Waals surface area contributed by atoms with Gasteiger partial charge in [0.15, 0.2) is 0 Å². The number of rotatable bonds is 19. The topological polar surface area (TPSA) is 87.2 Å². The summed E-state index contributed by atoms with van der Waals surface area (Å²) in [5, 5.41) is 9.19. The van der Waals surface area contributed by atoms with Gasteiger partial charge in [0.05, 0.1) is 6.42 Å². The van der Waals surface area contributed by atoms with Crippen LogP contribution in [0.2, 0.25) is 0 Å². The van der Waals surface area contributed by atoms with E-state index in [0.29, 0.717) is 19.7 Å². The molecule has 1 heterocycles. The minimum absolute atomic E-state index is 0.0250. The molecule has 0 bridgehead atoms. The Balaban J connectivity index is 2.32. The number of likely N-dealkylation sites (N-methyl/N-ethyl adjacent to an activating group) is 1. The van der Waals surface area contributed by atoms with Crippen molar-refractivity contribution in [3.05, 3.63) is 0 Å². The van der Waals surface area contributed by atoms with Crippen molar-refractivity contribution in [2.24, 2.45) is 10.8 Å². The van der Waals surface area contributed by atoms with Gasteiger partial charge in [-0.1, -0.05) is 40.5 Å². The smallest absolute Gasteiger partial charge is 0.327 e. The molecule has 0 aromatic carbocycles. The third-order valence-corrected chi connectivity index (χ3v) is 8.02. The van der Waals surface area contributed by atoms with Gasteiger partial charge in [-0.25, -0.2) is 4.79 Å². The molecule has 0 aromatic heterocycles. The number of aliphatic carboxylic acids is 1. The third-order valence-electron chi connectivity index (χ3n) is 8.02. The number of carboxylic acid groups (broad SMARTS) is 1. The van der Waals surface area contributed by atoms with E-state index in [1.165, 1.54) is 4.90 Å². The summed E-state index contributed by atoms with van der Waals surface area (Å²) < 4.78 is 5.83. The van der Waals surface area contributed by atoms with Crippen molar-refractivity contribution in [2.75, 3.05) is 32.8 Å². The standard InChI is InChI=1S/C26H48N2O5/c1-6-25(7-2,19-23(30)31)15-11-13-17-33-18-14-12-16-26(8-3,9-4)21-28-22(29)20-27(10-5)24(28)32/h6-21H2,1-5H3,(H,30,31). The van der Waals surface area contributed by atoms with Crippen molar-refractivity contribution in [1.29, 1.82) is 0 Å². The summed E-state index contributed by atoms with van der Waals surface area (Å²) >= 11 is 0. The Hall–Kier alpha value is -1.63. The lowest BCUT2D eigenvalue weighted by molar-refractivity contribution is -0.140. The summed E-state index contributed by atoms with van der Waals surface area (Å²) in [6.45, 7) is 13.1. The second kappa shape index (κ2) is 14.6. The fraction of sp³-hybridized carbons (Fsp3) is 0.885. The largest absolute Gasteiger partial charge is 0.481 e. The van der Waals surface area contributed by atoms with Gasteiger partial charge in [0.2, 0.25) is 5.91 Å². The van der Waals surface area contributed by atoms with E-state index in [4.69, 9.17) is 4.74 Å². The minimum Gasteiger partial charge on any atom is -0.481 e. The molecule has 0 unspecified atom stereocenters. The molecular weight excluding hydrogens is 420 g/mol. The molecule has 0 aromatic rings. The second-order valence-corrected chi connectivity index (χ2v) is 9.79. The van der Waals surface area contributed by atoms with Crippen molar-refractivity contribution in [3.8, 4) is 0 Å². The average Bonchev–Trinajstić information content (AvgIpc) is 3.08. The first-order valence-corrected chi connectivity index (χ1v) is 13.1. The van der Waals surface area contributed by atoms with Crippen LogP contribution in [0.25, 0.3) is 0 Å². The summed E-state index contributed by atoms with van der Waals surface area (Å²) in [6.07, 6.45) is 9.81. The maximum Gasteiger partial charge on any atom is 0.327 e. The van der Waals surface area contributed by atoms with Crippen LogP contribution in [0.3, 0.4) is 0 Å². The minimum atomic E-state index is -0.702. The number of imide groups is 1. The van der Waals surface area contributed by atoms with Crippen LogP contribution in [0.5, 0.6) is 0 Å². The fourth-order valence-electron chi connectivity index (χ4n) is 5.01. The molecule has 1 aliphatic heterocycles. The Morgan fingerprint density at radius 2 is 1.39 bits per heavy atom. The van der Waals surface area contributed by atoms with E-state index >= 15 is 0 Å². The highest BCUT2D eigenvalue weighted by molar-refractivity contribution is 6.02. The van der Waals surface area contributed by atoms with E-state index in [-0.39, 0.29) is 35.7 Å². The Labute approximate surface area is 201 Å². The average molecular weight is 469 g/mol. The number of hydrogen-bond acceptors (Lipinski definition) is 4. The van der Waals surface area contributed by atoms with Crippen LogP contribution in [0.4, 0.5) is 4.79 Å².